The Morgan fingerprint density at radius 1 is 0.842 bits per heavy atom. The first-order valence-corrected chi connectivity index (χ1v) is 9.27. The third-order valence-electron chi connectivity index (χ3n) is 5.45. The van der Waals surface area contributed by atoms with E-state index < -0.39 is 0 Å². The summed E-state index contributed by atoms with van der Waals surface area (Å²) in [6.45, 7) is 7.21. The van der Waals surface area contributed by atoms with Gasteiger partial charge in [-0.1, -0.05) is 97.8 Å². The van der Waals surface area contributed by atoms with Gasteiger partial charge < -0.3 is 0 Å². The van der Waals surface area contributed by atoms with Crippen LogP contribution in [0.5, 0.6) is 0 Å². The molecule has 1 aliphatic rings. The molecular formula is C19H38. The fraction of sp³-hybridized carbons (Fsp3) is 1.00. The Kier molecular flexibility index (Phi) is 9.65. The van der Waals surface area contributed by atoms with Crippen molar-refractivity contribution in [3.63, 3.8) is 0 Å². The predicted molar refractivity (Wildman–Crippen MR) is 87.5 cm³/mol. The van der Waals surface area contributed by atoms with Crippen LogP contribution < -0.4 is 0 Å². The molecule has 114 valence electrons. The number of unbranched alkanes of at least 4 members (excludes halogenated alkanes) is 6. The minimum absolute atomic E-state index is 0.993. The van der Waals surface area contributed by atoms with Crippen LogP contribution in [0.2, 0.25) is 0 Å². The van der Waals surface area contributed by atoms with Gasteiger partial charge >= 0.3 is 0 Å². The minimum atomic E-state index is 0.993. The molecule has 1 saturated carbocycles. The fourth-order valence-corrected chi connectivity index (χ4v) is 3.95. The number of hydrogen-bond donors (Lipinski definition) is 0. The molecule has 0 nitrogen and oxygen atoms in total. The highest BCUT2D eigenvalue weighted by Gasteiger charge is 2.23. The topological polar surface area (TPSA) is 0 Å². The maximum Gasteiger partial charge on any atom is -0.0388 e. The van der Waals surface area contributed by atoms with Crippen LogP contribution in [0.1, 0.15) is 104 Å². The van der Waals surface area contributed by atoms with Gasteiger partial charge in [-0.2, -0.15) is 0 Å². The Balaban J connectivity index is 2.07. The molecule has 0 bridgehead atoms. The predicted octanol–water partition coefficient (Wildman–Crippen LogP) is 6.98. The van der Waals surface area contributed by atoms with Crippen molar-refractivity contribution >= 4 is 0 Å². The molecule has 3 unspecified atom stereocenters. The summed E-state index contributed by atoms with van der Waals surface area (Å²) in [6.07, 6.45) is 19.2. The standard InChI is InChI=1S/C19H38/c1-4-6-7-8-9-10-11-14-19-15-12-13-18(5-2)16-17(19)3/h17-19H,4-16H2,1-3H3. The summed E-state index contributed by atoms with van der Waals surface area (Å²) in [5.74, 6) is 3.08. The molecule has 1 rings (SSSR count). The summed E-state index contributed by atoms with van der Waals surface area (Å²) < 4.78 is 0. The lowest BCUT2D eigenvalue weighted by atomic mass is 9.83. The molecule has 0 spiro atoms. The van der Waals surface area contributed by atoms with Crippen LogP contribution >= 0.6 is 0 Å². The Hall–Kier alpha value is 0. The molecule has 0 aromatic rings. The molecular weight excluding hydrogens is 228 g/mol. The highest BCUT2D eigenvalue weighted by atomic mass is 14.3. The van der Waals surface area contributed by atoms with Crippen LogP contribution in [0, 0.1) is 17.8 Å². The van der Waals surface area contributed by atoms with E-state index >= 15 is 0 Å². The zero-order valence-electron chi connectivity index (χ0n) is 13.9. The summed E-state index contributed by atoms with van der Waals surface area (Å²) in [5, 5.41) is 0. The third kappa shape index (κ3) is 7.37. The highest BCUT2D eigenvalue weighted by Crippen LogP contribution is 2.36. The Labute approximate surface area is 122 Å². The van der Waals surface area contributed by atoms with Crippen LogP contribution in [0.4, 0.5) is 0 Å². The fourth-order valence-electron chi connectivity index (χ4n) is 3.95. The van der Waals surface area contributed by atoms with Crippen molar-refractivity contribution in [1.29, 1.82) is 0 Å². The first-order valence-electron chi connectivity index (χ1n) is 9.27. The molecule has 0 aliphatic heterocycles. The average molecular weight is 267 g/mol. The van der Waals surface area contributed by atoms with E-state index in [9.17, 15) is 0 Å². The summed E-state index contributed by atoms with van der Waals surface area (Å²) in [5.41, 5.74) is 0. The van der Waals surface area contributed by atoms with E-state index in [1.807, 2.05) is 0 Å². The van der Waals surface area contributed by atoms with E-state index in [0.29, 0.717) is 0 Å². The maximum absolute atomic E-state index is 2.53. The lowest BCUT2D eigenvalue weighted by Crippen LogP contribution is -2.12. The van der Waals surface area contributed by atoms with Gasteiger partial charge in [0.2, 0.25) is 0 Å². The average Bonchev–Trinajstić information content (AvgIpc) is 2.59. The van der Waals surface area contributed by atoms with E-state index in [-0.39, 0.29) is 0 Å². The third-order valence-corrected chi connectivity index (χ3v) is 5.45. The quantitative estimate of drug-likeness (QED) is 0.312. The molecule has 1 fully saturated rings. The normalized spacial score (nSPS) is 28.3. The molecule has 19 heavy (non-hydrogen) atoms. The lowest BCUT2D eigenvalue weighted by molar-refractivity contribution is 0.284. The number of hydrogen-bond acceptors (Lipinski definition) is 0. The van der Waals surface area contributed by atoms with Crippen LogP contribution in [0.15, 0.2) is 0 Å². The van der Waals surface area contributed by atoms with Crippen molar-refractivity contribution in [2.24, 2.45) is 17.8 Å². The van der Waals surface area contributed by atoms with Gasteiger partial charge in [0.15, 0.2) is 0 Å². The zero-order chi connectivity index (χ0) is 13.9. The molecule has 1 aliphatic carbocycles. The summed E-state index contributed by atoms with van der Waals surface area (Å²) in [6, 6.07) is 0. The Bertz CT molecular complexity index is 196. The van der Waals surface area contributed by atoms with Gasteiger partial charge in [-0.25, -0.2) is 0 Å². The van der Waals surface area contributed by atoms with Gasteiger partial charge in [0.1, 0.15) is 0 Å². The van der Waals surface area contributed by atoms with E-state index in [0.717, 1.165) is 17.8 Å². The molecule has 0 amide bonds. The second kappa shape index (κ2) is 10.7. The lowest BCUT2D eigenvalue weighted by Gasteiger charge is -2.23. The van der Waals surface area contributed by atoms with Gasteiger partial charge in [-0.3, -0.25) is 0 Å². The van der Waals surface area contributed by atoms with Crippen molar-refractivity contribution < 1.29 is 0 Å². The molecule has 0 saturated heterocycles. The Morgan fingerprint density at radius 2 is 1.53 bits per heavy atom. The molecule has 0 aromatic heterocycles. The summed E-state index contributed by atoms with van der Waals surface area (Å²) in [7, 11) is 0. The molecule has 0 radical (unpaired) electrons. The van der Waals surface area contributed by atoms with Crippen molar-refractivity contribution in [2.45, 2.75) is 104 Å². The smallest absolute Gasteiger partial charge is 0.0388 e. The second-order valence-electron chi connectivity index (χ2n) is 7.09. The van der Waals surface area contributed by atoms with Crippen LogP contribution in [0.3, 0.4) is 0 Å². The molecule has 0 N–H and O–H groups in total. The Morgan fingerprint density at radius 3 is 2.21 bits per heavy atom. The monoisotopic (exact) mass is 266 g/mol. The van der Waals surface area contributed by atoms with Gasteiger partial charge in [0.25, 0.3) is 0 Å². The van der Waals surface area contributed by atoms with Crippen LogP contribution in [-0.2, 0) is 0 Å². The second-order valence-corrected chi connectivity index (χ2v) is 7.09. The first-order chi connectivity index (χ1) is 9.27. The van der Waals surface area contributed by atoms with E-state index in [2.05, 4.69) is 20.8 Å². The molecule has 3 atom stereocenters. The van der Waals surface area contributed by atoms with Crippen LogP contribution in [-0.4, -0.2) is 0 Å². The highest BCUT2D eigenvalue weighted by molar-refractivity contribution is 4.75. The van der Waals surface area contributed by atoms with E-state index in [1.54, 1.807) is 0 Å². The number of rotatable bonds is 9. The van der Waals surface area contributed by atoms with E-state index in [1.165, 1.54) is 83.5 Å². The van der Waals surface area contributed by atoms with Crippen molar-refractivity contribution in [3.05, 3.63) is 0 Å². The SMILES string of the molecule is CCCCCCCCCC1CCCC(CC)CC1C. The van der Waals surface area contributed by atoms with Gasteiger partial charge in [-0.05, 0) is 24.2 Å². The van der Waals surface area contributed by atoms with Gasteiger partial charge in [0, 0.05) is 0 Å². The van der Waals surface area contributed by atoms with Crippen molar-refractivity contribution in [3.8, 4) is 0 Å². The van der Waals surface area contributed by atoms with Crippen molar-refractivity contribution in [1.82, 2.24) is 0 Å². The molecule has 0 heterocycles. The molecule has 0 heteroatoms. The van der Waals surface area contributed by atoms with Crippen LogP contribution in [0.25, 0.3) is 0 Å². The largest absolute Gasteiger partial charge is 0.0654 e. The van der Waals surface area contributed by atoms with Crippen molar-refractivity contribution in [2.75, 3.05) is 0 Å². The maximum atomic E-state index is 2.53. The zero-order valence-corrected chi connectivity index (χ0v) is 13.9. The van der Waals surface area contributed by atoms with Gasteiger partial charge in [0.05, 0.1) is 0 Å². The first kappa shape index (κ1) is 17.1. The summed E-state index contributed by atoms with van der Waals surface area (Å²) >= 11 is 0. The van der Waals surface area contributed by atoms with Gasteiger partial charge in [-0.15, -0.1) is 0 Å². The minimum Gasteiger partial charge on any atom is -0.0654 e. The van der Waals surface area contributed by atoms with E-state index in [4.69, 9.17) is 0 Å². The summed E-state index contributed by atoms with van der Waals surface area (Å²) in [4.78, 5) is 0. The molecule has 0 aromatic carbocycles.